The number of rotatable bonds is 5. The van der Waals surface area contributed by atoms with Crippen LogP contribution in [0.25, 0.3) is 10.9 Å². The molecule has 0 fully saturated rings. The molecular formula is C21H13BrClFN4O2. The number of fused-ring (bicyclic) bond motifs is 1. The molecule has 0 aliphatic carbocycles. The predicted molar refractivity (Wildman–Crippen MR) is 114 cm³/mol. The van der Waals surface area contributed by atoms with Gasteiger partial charge in [0.2, 0.25) is 5.88 Å². The van der Waals surface area contributed by atoms with Crippen molar-refractivity contribution in [2.24, 2.45) is 0 Å². The molecule has 0 unspecified atom stereocenters. The molecule has 0 amide bonds. The standard InChI is InChI=1S/C21H13BrClFN4O2/c1-29-21-19-15(4-5-26-21)17(27-28-19)8-12-2-3-16(22)20(18(12)24)30-14-7-11(10-25)6-13(23)9-14/h2-7,9H,8H2,1H3,(H,27,28). The van der Waals surface area contributed by atoms with E-state index in [-0.39, 0.29) is 17.9 Å². The third-order valence-electron chi connectivity index (χ3n) is 4.43. The highest BCUT2D eigenvalue weighted by molar-refractivity contribution is 9.10. The number of benzene rings is 2. The lowest BCUT2D eigenvalue weighted by molar-refractivity contribution is 0.402. The van der Waals surface area contributed by atoms with Gasteiger partial charge in [-0.25, -0.2) is 9.37 Å². The van der Waals surface area contributed by atoms with Crippen molar-refractivity contribution in [1.29, 1.82) is 5.26 Å². The zero-order valence-corrected chi connectivity index (χ0v) is 17.9. The summed E-state index contributed by atoms with van der Waals surface area (Å²) in [7, 11) is 1.52. The Morgan fingerprint density at radius 2 is 2.10 bits per heavy atom. The number of ether oxygens (including phenoxy) is 2. The maximum Gasteiger partial charge on any atom is 0.239 e. The Hall–Kier alpha value is -3.15. The number of nitrogens with one attached hydrogen (secondary N) is 1. The summed E-state index contributed by atoms with van der Waals surface area (Å²) in [6, 6.07) is 11.6. The lowest BCUT2D eigenvalue weighted by Crippen LogP contribution is -1.98. The maximum absolute atomic E-state index is 15.3. The third kappa shape index (κ3) is 3.82. The predicted octanol–water partition coefficient (Wildman–Crippen LogP) is 5.78. The quantitative estimate of drug-likeness (QED) is 0.386. The molecule has 0 aliphatic heterocycles. The molecule has 2 aromatic heterocycles. The molecule has 0 atom stereocenters. The SMILES string of the molecule is COc1nccc2c(Cc3ccc(Br)c(Oc4cc(Cl)cc(C#N)c4)c3F)n[nH]c12. The van der Waals surface area contributed by atoms with Crippen LogP contribution in [0, 0.1) is 17.1 Å². The first-order chi connectivity index (χ1) is 14.5. The molecule has 6 nitrogen and oxygen atoms in total. The molecule has 4 aromatic rings. The average molecular weight is 488 g/mol. The molecule has 30 heavy (non-hydrogen) atoms. The van der Waals surface area contributed by atoms with Crippen LogP contribution in [0.1, 0.15) is 16.8 Å². The first kappa shape index (κ1) is 20.1. The van der Waals surface area contributed by atoms with Crippen LogP contribution in [0.5, 0.6) is 17.4 Å². The van der Waals surface area contributed by atoms with E-state index in [0.29, 0.717) is 37.7 Å². The van der Waals surface area contributed by atoms with Crippen molar-refractivity contribution >= 4 is 38.4 Å². The zero-order chi connectivity index (χ0) is 21.3. The monoisotopic (exact) mass is 486 g/mol. The highest BCUT2D eigenvalue weighted by atomic mass is 79.9. The van der Waals surface area contributed by atoms with Crippen molar-refractivity contribution in [1.82, 2.24) is 15.2 Å². The molecule has 0 saturated heterocycles. The van der Waals surface area contributed by atoms with Crippen LogP contribution in [0.2, 0.25) is 5.02 Å². The summed E-state index contributed by atoms with van der Waals surface area (Å²) in [6.07, 6.45) is 1.83. The molecule has 0 radical (unpaired) electrons. The largest absolute Gasteiger partial charge is 0.479 e. The smallest absolute Gasteiger partial charge is 0.239 e. The van der Waals surface area contributed by atoms with Crippen molar-refractivity contribution in [2.75, 3.05) is 7.11 Å². The van der Waals surface area contributed by atoms with Gasteiger partial charge in [0, 0.05) is 23.0 Å². The number of nitriles is 1. The van der Waals surface area contributed by atoms with E-state index in [0.717, 1.165) is 5.39 Å². The summed E-state index contributed by atoms with van der Waals surface area (Å²) in [5.74, 6) is 0.135. The molecule has 0 aliphatic rings. The number of halogens is 3. The van der Waals surface area contributed by atoms with E-state index >= 15 is 4.39 Å². The van der Waals surface area contributed by atoms with Crippen molar-refractivity contribution in [3.05, 3.63) is 74.7 Å². The average Bonchev–Trinajstić information content (AvgIpc) is 3.15. The minimum atomic E-state index is -0.542. The molecule has 0 saturated carbocycles. The van der Waals surface area contributed by atoms with Crippen LogP contribution in [0.3, 0.4) is 0 Å². The van der Waals surface area contributed by atoms with E-state index in [2.05, 4.69) is 31.1 Å². The summed E-state index contributed by atoms with van der Waals surface area (Å²) < 4.78 is 26.7. The summed E-state index contributed by atoms with van der Waals surface area (Å²) in [4.78, 5) is 4.13. The maximum atomic E-state index is 15.3. The lowest BCUT2D eigenvalue weighted by atomic mass is 10.1. The summed E-state index contributed by atoms with van der Waals surface area (Å²) >= 11 is 9.34. The van der Waals surface area contributed by atoms with Crippen molar-refractivity contribution in [3.8, 4) is 23.4 Å². The number of pyridine rings is 1. The van der Waals surface area contributed by atoms with Gasteiger partial charge in [-0.1, -0.05) is 17.7 Å². The van der Waals surface area contributed by atoms with Gasteiger partial charge in [-0.05, 0) is 51.8 Å². The number of aromatic amines is 1. The molecular weight excluding hydrogens is 475 g/mol. The van der Waals surface area contributed by atoms with Crippen LogP contribution in [-0.4, -0.2) is 22.3 Å². The molecule has 0 spiro atoms. The molecule has 150 valence electrons. The second kappa shape index (κ2) is 8.30. The zero-order valence-electron chi connectivity index (χ0n) is 15.5. The fourth-order valence-corrected chi connectivity index (χ4v) is 3.66. The Balaban J connectivity index is 1.70. The Morgan fingerprint density at radius 3 is 2.87 bits per heavy atom. The van der Waals surface area contributed by atoms with Crippen molar-refractivity contribution < 1.29 is 13.9 Å². The van der Waals surface area contributed by atoms with E-state index < -0.39 is 5.82 Å². The number of nitrogens with zero attached hydrogens (tertiary/aromatic N) is 3. The topological polar surface area (TPSA) is 83.8 Å². The summed E-state index contributed by atoms with van der Waals surface area (Å²) in [5, 5.41) is 17.4. The van der Waals surface area contributed by atoms with Crippen molar-refractivity contribution in [3.63, 3.8) is 0 Å². The lowest BCUT2D eigenvalue weighted by Gasteiger charge is -2.12. The van der Waals surface area contributed by atoms with E-state index in [1.807, 2.05) is 6.07 Å². The van der Waals surface area contributed by atoms with Crippen LogP contribution >= 0.6 is 27.5 Å². The van der Waals surface area contributed by atoms with Crippen LogP contribution in [-0.2, 0) is 6.42 Å². The number of methoxy groups -OCH3 is 1. The molecule has 4 rings (SSSR count). The van der Waals surface area contributed by atoms with Gasteiger partial charge < -0.3 is 9.47 Å². The minimum absolute atomic E-state index is 0.00209. The Kier molecular flexibility index (Phi) is 5.57. The Bertz CT molecular complexity index is 1300. The van der Waals surface area contributed by atoms with Crippen molar-refractivity contribution in [2.45, 2.75) is 6.42 Å². The molecule has 2 aromatic carbocycles. The van der Waals surface area contributed by atoms with Gasteiger partial charge in [0.15, 0.2) is 11.6 Å². The normalized spacial score (nSPS) is 10.8. The van der Waals surface area contributed by atoms with Gasteiger partial charge in [0.25, 0.3) is 0 Å². The van der Waals surface area contributed by atoms with Gasteiger partial charge in [-0.15, -0.1) is 0 Å². The van der Waals surface area contributed by atoms with Gasteiger partial charge in [-0.2, -0.15) is 10.4 Å². The highest BCUT2D eigenvalue weighted by Gasteiger charge is 2.18. The van der Waals surface area contributed by atoms with Gasteiger partial charge in [0.1, 0.15) is 11.3 Å². The second-order valence-electron chi connectivity index (χ2n) is 6.33. The summed E-state index contributed by atoms with van der Waals surface area (Å²) in [6.45, 7) is 0. The van der Waals surface area contributed by atoms with Gasteiger partial charge in [-0.3, -0.25) is 5.10 Å². The van der Waals surface area contributed by atoms with Crippen LogP contribution < -0.4 is 9.47 Å². The first-order valence-corrected chi connectivity index (χ1v) is 9.88. The number of aromatic nitrogens is 3. The molecule has 0 bridgehead atoms. The van der Waals surface area contributed by atoms with E-state index in [4.69, 9.17) is 26.3 Å². The fraction of sp³-hybridized carbons (Fsp3) is 0.0952. The minimum Gasteiger partial charge on any atom is -0.479 e. The summed E-state index contributed by atoms with van der Waals surface area (Å²) in [5.41, 5.74) is 2.00. The fourth-order valence-electron chi connectivity index (χ4n) is 3.05. The first-order valence-electron chi connectivity index (χ1n) is 8.71. The number of hydrogen-bond donors (Lipinski definition) is 1. The Labute approximate surface area is 184 Å². The van der Waals surface area contributed by atoms with Gasteiger partial charge in [0.05, 0.1) is 28.9 Å². The highest BCUT2D eigenvalue weighted by Crippen LogP contribution is 2.36. The third-order valence-corrected chi connectivity index (χ3v) is 5.27. The molecule has 9 heteroatoms. The van der Waals surface area contributed by atoms with E-state index in [1.165, 1.54) is 25.3 Å². The number of H-pyrrole nitrogens is 1. The number of hydrogen-bond acceptors (Lipinski definition) is 5. The van der Waals surface area contributed by atoms with Gasteiger partial charge >= 0.3 is 0 Å². The van der Waals surface area contributed by atoms with E-state index in [9.17, 15) is 0 Å². The molecule has 2 heterocycles. The second-order valence-corrected chi connectivity index (χ2v) is 7.62. The molecule has 1 N–H and O–H groups in total. The van der Waals surface area contributed by atoms with E-state index in [1.54, 1.807) is 24.4 Å². The van der Waals surface area contributed by atoms with Crippen LogP contribution in [0.4, 0.5) is 4.39 Å². The van der Waals surface area contributed by atoms with Crippen LogP contribution in [0.15, 0.2) is 47.1 Å². The Morgan fingerprint density at radius 1 is 1.27 bits per heavy atom.